The van der Waals surface area contributed by atoms with E-state index in [1.165, 1.54) is 0 Å². The first-order chi connectivity index (χ1) is 10.8. The van der Waals surface area contributed by atoms with Crippen LogP contribution >= 0.6 is 0 Å². The fraction of sp³-hybridized carbons (Fsp3) is 0.294. The number of hydrogen-bond donors (Lipinski definition) is 1. The number of benzene rings is 1. The third kappa shape index (κ3) is 3.03. The standard InChI is InChI=1S/C17H18N2O3/c20-16(18-10-8-14-7-4-12-22-14)15-9-11-19(17(15)21)13-5-2-1-3-6-13/h1-7,12,15H,8-11H2,(H,18,20)/t15-/m1/s1. The second kappa shape index (κ2) is 6.47. The molecule has 0 unspecified atom stereocenters. The highest BCUT2D eigenvalue weighted by molar-refractivity contribution is 6.09. The van der Waals surface area contributed by atoms with Gasteiger partial charge in [0.25, 0.3) is 0 Å². The van der Waals surface area contributed by atoms with Gasteiger partial charge in [-0.15, -0.1) is 0 Å². The minimum absolute atomic E-state index is 0.123. The summed E-state index contributed by atoms with van der Waals surface area (Å²) in [4.78, 5) is 26.2. The van der Waals surface area contributed by atoms with Gasteiger partial charge in [-0.05, 0) is 30.7 Å². The summed E-state index contributed by atoms with van der Waals surface area (Å²) >= 11 is 0. The van der Waals surface area contributed by atoms with Crippen LogP contribution in [0.25, 0.3) is 0 Å². The van der Waals surface area contributed by atoms with Crippen LogP contribution in [0.1, 0.15) is 12.2 Å². The van der Waals surface area contributed by atoms with Gasteiger partial charge in [0.2, 0.25) is 11.8 Å². The van der Waals surface area contributed by atoms with Crippen molar-refractivity contribution in [1.82, 2.24) is 5.32 Å². The number of carbonyl (C=O) groups is 2. The predicted molar refractivity (Wildman–Crippen MR) is 82.3 cm³/mol. The number of hydrogen-bond acceptors (Lipinski definition) is 3. The Kier molecular flexibility index (Phi) is 4.23. The van der Waals surface area contributed by atoms with E-state index in [4.69, 9.17) is 4.42 Å². The zero-order chi connectivity index (χ0) is 15.4. The van der Waals surface area contributed by atoms with Crippen molar-refractivity contribution >= 4 is 17.5 Å². The molecular formula is C17H18N2O3. The molecule has 1 N–H and O–H groups in total. The maximum absolute atomic E-state index is 12.4. The van der Waals surface area contributed by atoms with Crippen LogP contribution in [0, 0.1) is 5.92 Å². The summed E-state index contributed by atoms with van der Waals surface area (Å²) in [5.41, 5.74) is 0.846. The van der Waals surface area contributed by atoms with Gasteiger partial charge >= 0.3 is 0 Å². The van der Waals surface area contributed by atoms with Crippen LogP contribution in [0.5, 0.6) is 0 Å². The maximum atomic E-state index is 12.4. The molecule has 0 radical (unpaired) electrons. The number of carbonyl (C=O) groups excluding carboxylic acids is 2. The second-order valence-electron chi connectivity index (χ2n) is 5.29. The Labute approximate surface area is 128 Å². The van der Waals surface area contributed by atoms with Gasteiger partial charge in [0.1, 0.15) is 11.7 Å². The molecule has 1 aromatic heterocycles. The minimum atomic E-state index is -0.586. The summed E-state index contributed by atoms with van der Waals surface area (Å²) in [5, 5.41) is 2.82. The first-order valence-electron chi connectivity index (χ1n) is 7.42. The van der Waals surface area contributed by atoms with E-state index in [9.17, 15) is 9.59 Å². The van der Waals surface area contributed by atoms with E-state index in [0.29, 0.717) is 25.9 Å². The van der Waals surface area contributed by atoms with Crippen LogP contribution in [0.15, 0.2) is 53.1 Å². The molecule has 0 aliphatic carbocycles. The molecule has 0 bridgehead atoms. The smallest absolute Gasteiger partial charge is 0.239 e. The Morgan fingerprint density at radius 1 is 1.23 bits per heavy atom. The summed E-state index contributed by atoms with van der Waals surface area (Å²) in [6, 6.07) is 13.1. The molecule has 3 rings (SSSR count). The van der Waals surface area contributed by atoms with E-state index >= 15 is 0 Å². The molecule has 1 aliphatic rings. The Bertz CT molecular complexity index is 637. The van der Waals surface area contributed by atoms with Gasteiger partial charge in [0.05, 0.1) is 6.26 Å². The zero-order valence-corrected chi connectivity index (χ0v) is 12.2. The lowest BCUT2D eigenvalue weighted by Gasteiger charge is -2.16. The molecule has 1 aliphatic heterocycles. The van der Waals surface area contributed by atoms with Crippen molar-refractivity contribution in [3.8, 4) is 0 Å². The lowest BCUT2D eigenvalue weighted by molar-refractivity contribution is -0.132. The van der Waals surface area contributed by atoms with Crippen LogP contribution in [-0.4, -0.2) is 24.9 Å². The molecule has 22 heavy (non-hydrogen) atoms. The van der Waals surface area contributed by atoms with Gasteiger partial charge in [0, 0.05) is 25.2 Å². The molecule has 1 saturated heterocycles. The molecule has 114 valence electrons. The summed E-state index contributed by atoms with van der Waals surface area (Å²) in [6.45, 7) is 1.06. The SMILES string of the molecule is O=C(NCCc1ccco1)[C@H]1CCN(c2ccccc2)C1=O. The average Bonchev–Trinajstić information content (AvgIpc) is 3.18. The van der Waals surface area contributed by atoms with E-state index < -0.39 is 5.92 Å². The highest BCUT2D eigenvalue weighted by atomic mass is 16.3. The van der Waals surface area contributed by atoms with Crippen molar-refractivity contribution in [2.75, 3.05) is 18.0 Å². The van der Waals surface area contributed by atoms with Gasteiger partial charge < -0.3 is 14.6 Å². The zero-order valence-electron chi connectivity index (χ0n) is 12.2. The molecule has 5 heteroatoms. The molecule has 2 heterocycles. The molecule has 5 nitrogen and oxygen atoms in total. The molecule has 1 fully saturated rings. The number of amides is 2. The van der Waals surface area contributed by atoms with Crippen molar-refractivity contribution in [3.05, 3.63) is 54.5 Å². The van der Waals surface area contributed by atoms with Gasteiger partial charge in [-0.1, -0.05) is 18.2 Å². The van der Waals surface area contributed by atoms with Crippen LogP contribution in [0.3, 0.4) is 0 Å². The lowest BCUT2D eigenvalue weighted by Crippen LogP contribution is -2.37. The fourth-order valence-corrected chi connectivity index (χ4v) is 2.67. The quantitative estimate of drug-likeness (QED) is 0.859. The topological polar surface area (TPSA) is 62.6 Å². The third-order valence-electron chi connectivity index (χ3n) is 3.84. The normalized spacial score (nSPS) is 17.7. The van der Waals surface area contributed by atoms with Crippen molar-refractivity contribution in [1.29, 1.82) is 0 Å². The highest BCUT2D eigenvalue weighted by Gasteiger charge is 2.37. The highest BCUT2D eigenvalue weighted by Crippen LogP contribution is 2.24. The van der Waals surface area contributed by atoms with Crippen molar-refractivity contribution in [2.24, 2.45) is 5.92 Å². The van der Waals surface area contributed by atoms with E-state index in [0.717, 1.165) is 11.4 Å². The Hall–Kier alpha value is -2.56. The fourth-order valence-electron chi connectivity index (χ4n) is 2.67. The monoisotopic (exact) mass is 298 g/mol. The molecule has 1 atom stereocenters. The second-order valence-corrected chi connectivity index (χ2v) is 5.29. The number of furan rings is 1. The van der Waals surface area contributed by atoms with Crippen molar-refractivity contribution in [3.63, 3.8) is 0 Å². The Morgan fingerprint density at radius 3 is 2.77 bits per heavy atom. The van der Waals surface area contributed by atoms with E-state index in [1.807, 2.05) is 42.5 Å². The lowest BCUT2D eigenvalue weighted by atomic mass is 10.1. The summed E-state index contributed by atoms with van der Waals surface area (Å²) in [7, 11) is 0. The number of anilines is 1. The molecule has 1 aromatic carbocycles. The molecular weight excluding hydrogens is 280 g/mol. The Morgan fingerprint density at radius 2 is 2.05 bits per heavy atom. The van der Waals surface area contributed by atoms with Gasteiger partial charge in [-0.3, -0.25) is 9.59 Å². The number of nitrogens with zero attached hydrogens (tertiary/aromatic N) is 1. The van der Waals surface area contributed by atoms with Gasteiger partial charge in [0.15, 0.2) is 0 Å². The molecule has 2 aromatic rings. The average molecular weight is 298 g/mol. The third-order valence-corrected chi connectivity index (χ3v) is 3.84. The minimum Gasteiger partial charge on any atom is -0.469 e. The summed E-state index contributed by atoms with van der Waals surface area (Å²) in [5.74, 6) is -0.0857. The van der Waals surface area contributed by atoms with Gasteiger partial charge in [-0.25, -0.2) is 0 Å². The van der Waals surface area contributed by atoms with E-state index in [-0.39, 0.29) is 11.8 Å². The van der Waals surface area contributed by atoms with Crippen molar-refractivity contribution < 1.29 is 14.0 Å². The van der Waals surface area contributed by atoms with Crippen LogP contribution < -0.4 is 10.2 Å². The Balaban J connectivity index is 1.54. The first-order valence-corrected chi connectivity index (χ1v) is 7.42. The number of para-hydroxylation sites is 1. The summed E-state index contributed by atoms with van der Waals surface area (Å²) < 4.78 is 5.21. The molecule has 0 saturated carbocycles. The first kappa shape index (κ1) is 14.4. The summed E-state index contributed by atoms with van der Waals surface area (Å²) in [6.07, 6.45) is 2.79. The molecule has 2 amide bonds. The van der Waals surface area contributed by atoms with Crippen LogP contribution in [-0.2, 0) is 16.0 Å². The maximum Gasteiger partial charge on any atom is 0.239 e. The van der Waals surface area contributed by atoms with Crippen LogP contribution in [0.4, 0.5) is 5.69 Å². The number of rotatable bonds is 5. The van der Waals surface area contributed by atoms with E-state index in [2.05, 4.69) is 5.32 Å². The molecule has 0 spiro atoms. The van der Waals surface area contributed by atoms with Crippen molar-refractivity contribution in [2.45, 2.75) is 12.8 Å². The van der Waals surface area contributed by atoms with E-state index in [1.54, 1.807) is 11.2 Å². The largest absolute Gasteiger partial charge is 0.469 e. The predicted octanol–water partition coefficient (Wildman–Crippen LogP) is 1.99. The van der Waals surface area contributed by atoms with Crippen LogP contribution in [0.2, 0.25) is 0 Å². The number of nitrogens with one attached hydrogen (secondary N) is 1. The van der Waals surface area contributed by atoms with Gasteiger partial charge in [-0.2, -0.15) is 0 Å².